The van der Waals surface area contributed by atoms with Gasteiger partial charge < -0.3 is 28.4 Å². The first kappa shape index (κ1) is 23.9. The molecule has 0 fully saturated rings. The second-order valence-electron chi connectivity index (χ2n) is 6.98. The maximum atomic E-state index is 12.6. The van der Waals surface area contributed by atoms with Gasteiger partial charge in [0.1, 0.15) is 0 Å². The molecule has 0 atom stereocenters. The van der Waals surface area contributed by atoms with Crippen LogP contribution in [0.25, 0.3) is 0 Å². The highest BCUT2D eigenvalue weighted by Gasteiger charge is 2.19. The van der Waals surface area contributed by atoms with Gasteiger partial charge in [0.05, 0.1) is 40.6 Å². The summed E-state index contributed by atoms with van der Waals surface area (Å²) in [4.78, 5) is 25.0. The summed E-state index contributed by atoms with van der Waals surface area (Å²) in [5.41, 5.74) is 0.503. The lowest BCUT2D eigenvalue weighted by atomic mass is 10.1. The van der Waals surface area contributed by atoms with Crippen LogP contribution in [-0.4, -0.2) is 53.4 Å². The van der Waals surface area contributed by atoms with Crippen LogP contribution in [0.15, 0.2) is 30.3 Å². The molecule has 0 saturated heterocycles. The SMILES string of the molecule is COc1cc(C(=O)OCC(=O)c2cc(OC)c(OC)c(OC)c2)ccc1OCC(C)C. The highest BCUT2D eigenvalue weighted by Crippen LogP contribution is 2.38. The fraction of sp³-hybridized carbons (Fsp3) is 0.391. The van der Waals surface area contributed by atoms with Crippen molar-refractivity contribution in [2.24, 2.45) is 5.92 Å². The number of esters is 1. The first-order chi connectivity index (χ1) is 14.8. The zero-order valence-electron chi connectivity index (χ0n) is 18.6. The minimum atomic E-state index is -0.658. The summed E-state index contributed by atoms with van der Waals surface area (Å²) in [5.74, 6) is 1.23. The Bertz CT molecular complexity index is 895. The molecule has 0 aliphatic rings. The number of methoxy groups -OCH3 is 4. The van der Waals surface area contributed by atoms with Crippen molar-refractivity contribution in [3.63, 3.8) is 0 Å². The van der Waals surface area contributed by atoms with Crippen molar-refractivity contribution in [3.05, 3.63) is 41.5 Å². The van der Waals surface area contributed by atoms with Crippen molar-refractivity contribution >= 4 is 11.8 Å². The van der Waals surface area contributed by atoms with Crippen molar-refractivity contribution in [1.29, 1.82) is 0 Å². The minimum Gasteiger partial charge on any atom is -0.493 e. The van der Waals surface area contributed by atoms with Gasteiger partial charge in [-0.2, -0.15) is 0 Å². The molecule has 2 aromatic rings. The van der Waals surface area contributed by atoms with E-state index in [0.717, 1.165) is 0 Å². The fourth-order valence-electron chi connectivity index (χ4n) is 2.71. The maximum Gasteiger partial charge on any atom is 0.338 e. The molecule has 31 heavy (non-hydrogen) atoms. The quantitative estimate of drug-likeness (QED) is 0.391. The summed E-state index contributed by atoms with van der Waals surface area (Å²) >= 11 is 0. The number of carbonyl (C=O) groups is 2. The molecule has 0 heterocycles. The topological polar surface area (TPSA) is 89.5 Å². The molecule has 0 N–H and O–H groups in total. The molecular weight excluding hydrogens is 404 g/mol. The van der Waals surface area contributed by atoms with E-state index in [1.54, 1.807) is 12.1 Å². The first-order valence-corrected chi connectivity index (χ1v) is 9.65. The van der Waals surface area contributed by atoms with Crippen LogP contribution in [-0.2, 0) is 4.74 Å². The fourth-order valence-corrected chi connectivity index (χ4v) is 2.71. The minimum absolute atomic E-state index is 0.242. The number of benzene rings is 2. The summed E-state index contributed by atoms with van der Waals surface area (Å²) in [5, 5.41) is 0. The van der Waals surface area contributed by atoms with Gasteiger partial charge in [0.15, 0.2) is 29.6 Å². The third-order valence-corrected chi connectivity index (χ3v) is 4.29. The zero-order chi connectivity index (χ0) is 23.0. The Kier molecular flexibility index (Phi) is 8.54. The van der Waals surface area contributed by atoms with Gasteiger partial charge in [0, 0.05) is 5.56 Å². The highest BCUT2D eigenvalue weighted by atomic mass is 16.5. The van der Waals surface area contributed by atoms with Gasteiger partial charge in [0.25, 0.3) is 0 Å². The normalized spacial score (nSPS) is 10.4. The molecule has 0 amide bonds. The molecule has 2 rings (SSSR count). The summed E-state index contributed by atoms with van der Waals surface area (Å²) in [6, 6.07) is 7.72. The van der Waals surface area contributed by atoms with E-state index in [-0.39, 0.29) is 11.1 Å². The zero-order valence-corrected chi connectivity index (χ0v) is 18.6. The standard InChI is InChI=1S/C23H28O8/c1-14(2)12-30-18-8-7-15(9-19(18)26-3)23(25)31-13-17(24)16-10-20(27-4)22(29-6)21(11-16)28-5/h7-11,14H,12-13H2,1-6H3. The number of hydrogen-bond acceptors (Lipinski definition) is 8. The van der Waals surface area contributed by atoms with Crippen molar-refractivity contribution in [3.8, 4) is 28.7 Å². The van der Waals surface area contributed by atoms with Gasteiger partial charge in [-0.25, -0.2) is 4.79 Å². The van der Waals surface area contributed by atoms with Crippen LogP contribution in [0.2, 0.25) is 0 Å². The molecule has 0 radical (unpaired) electrons. The third kappa shape index (κ3) is 6.04. The van der Waals surface area contributed by atoms with E-state index >= 15 is 0 Å². The number of hydrogen-bond donors (Lipinski definition) is 0. The highest BCUT2D eigenvalue weighted by molar-refractivity contribution is 6.00. The van der Waals surface area contributed by atoms with E-state index < -0.39 is 18.4 Å². The third-order valence-electron chi connectivity index (χ3n) is 4.29. The maximum absolute atomic E-state index is 12.6. The Labute approximate surface area is 182 Å². The van der Waals surface area contributed by atoms with Gasteiger partial charge >= 0.3 is 5.97 Å². The Morgan fingerprint density at radius 2 is 1.35 bits per heavy atom. The summed E-state index contributed by atoms with van der Waals surface area (Å²) in [6.45, 7) is 4.13. The molecule has 0 aromatic heterocycles. The van der Waals surface area contributed by atoms with E-state index in [4.69, 9.17) is 28.4 Å². The van der Waals surface area contributed by atoms with Crippen LogP contribution >= 0.6 is 0 Å². The molecule has 0 aliphatic heterocycles. The molecule has 0 saturated carbocycles. The van der Waals surface area contributed by atoms with Gasteiger partial charge in [0.2, 0.25) is 11.5 Å². The predicted molar refractivity (Wildman–Crippen MR) is 114 cm³/mol. The second-order valence-corrected chi connectivity index (χ2v) is 6.98. The number of carbonyl (C=O) groups excluding carboxylic acids is 2. The summed E-state index contributed by atoms with van der Waals surface area (Å²) in [7, 11) is 5.86. The Balaban J connectivity index is 2.11. The molecule has 0 unspecified atom stereocenters. The molecule has 168 valence electrons. The van der Waals surface area contributed by atoms with Crippen molar-refractivity contribution in [1.82, 2.24) is 0 Å². The van der Waals surface area contributed by atoms with Crippen LogP contribution in [0.1, 0.15) is 34.6 Å². The Morgan fingerprint density at radius 1 is 0.774 bits per heavy atom. The van der Waals surface area contributed by atoms with Crippen molar-refractivity contribution in [2.45, 2.75) is 13.8 Å². The Morgan fingerprint density at radius 3 is 1.87 bits per heavy atom. The lowest BCUT2D eigenvalue weighted by Crippen LogP contribution is -2.15. The first-order valence-electron chi connectivity index (χ1n) is 9.65. The van der Waals surface area contributed by atoms with Crippen LogP contribution in [0.5, 0.6) is 28.7 Å². The van der Waals surface area contributed by atoms with Crippen molar-refractivity contribution < 1.29 is 38.0 Å². The van der Waals surface area contributed by atoms with Gasteiger partial charge in [-0.3, -0.25) is 4.79 Å². The smallest absolute Gasteiger partial charge is 0.338 e. The summed E-state index contributed by atoms with van der Waals surface area (Å²) < 4.78 is 31.9. The largest absolute Gasteiger partial charge is 0.493 e. The van der Waals surface area contributed by atoms with E-state index in [2.05, 4.69) is 0 Å². The molecule has 8 nitrogen and oxygen atoms in total. The molecule has 2 aromatic carbocycles. The van der Waals surface area contributed by atoms with E-state index in [1.807, 2.05) is 13.8 Å². The number of ketones is 1. The van der Waals surface area contributed by atoms with Gasteiger partial charge in [-0.15, -0.1) is 0 Å². The van der Waals surface area contributed by atoms with Crippen LogP contribution in [0, 0.1) is 5.92 Å². The average molecular weight is 432 g/mol. The Hall–Kier alpha value is -3.42. The van der Waals surface area contributed by atoms with Crippen LogP contribution in [0.4, 0.5) is 0 Å². The lowest BCUT2D eigenvalue weighted by Gasteiger charge is -2.14. The van der Waals surface area contributed by atoms with E-state index in [9.17, 15) is 9.59 Å². The second kappa shape index (κ2) is 11.1. The van der Waals surface area contributed by atoms with Crippen LogP contribution < -0.4 is 23.7 Å². The van der Waals surface area contributed by atoms with Crippen LogP contribution in [0.3, 0.4) is 0 Å². The van der Waals surface area contributed by atoms with E-state index in [0.29, 0.717) is 41.3 Å². The number of rotatable bonds is 11. The molecule has 0 bridgehead atoms. The molecule has 0 aliphatic carbocycles. The van der Waals surface area contributed by atoms with Gasteiger partial charge in [-0.05, 0) is 36.2 Å². The lowest BCUT2D eigenvalue weighted by molar-refractivity contribution is 0.0474. The molecule has 8 heteroatoms. The molecule has 0 spiro atoms. The van der Waals surface area contributed by atoms with E-state index in [1.165, 1.54) is 46.6 Å². The molecular formula is C23H28O8. The predicted octanol–water partition coefficient (Wildman–Crippen LogP) is 3.80. The number of ether oxygens (including phenoxy) is 6. The summed E-state index contributed by atoms with van der Waals surface area (Å²) in [6.07, 6.45) is 0. The monoisotopic (exact) mass is 432 g/mol. The van der Waals surface area contributed by atoms with Gasteiger partial charge in [-0.1, -0.05) is 13.8 Å². The average Bonchev–Trinajstić information content (AvgIpc) is 2.79. The number of Topliss-reactive ketones (excluding diaryl/α,β-unsaturated/α-hetero) is 1. The van der Waals surface area contributed by atoms with Crippen molar-refractivity contribution in [2.75, 3.05) is 41.7 Å².